The van der Waals surface area contributed by atoms with Crippen LogP contribution in [0.25, 0.3) is 4.96 Å². The highest BCUT2D eigenvalue weighted by molar-refractivity contribution is 7.15. The number of nitrogens with zero attached hydrogens (tertiary/aromatic N) is 2. The molecule has 3 aromatic rings. The minimum atomic E-state index is 0.0554. The zero-order valence-electron chi connectivity index (χ0n) is 11.9. The second-order valence-electron chi connectivity index (χ2n) is 5.09. The Morgan fingerprint density at radius 3 is 2.90 bits per heavy atom. The van der Waals surface area contributed by atoms with Crippen LogP contribution in [0.2, 0.25) is 0 Å². The van der Waals surface area contributed by atoms with Gasteiger partial charge in [-0.2, -0.15) is 0 Å². The largest absolute Gasteiger partial charge is 0.355 e. The summed E-state index contributed by atoms with van der Waals surface area (Å²) < 4.78 is 2.01. The topological polar surface area (TPSA) is 46.4 Å². The summed E-state index contributed by atoms with van der Waals surface area (Å²) in [4.78, 5) is 17.4. The number of hydrogen-bond acceptors (Lipinski definition) is 3. The number of rotatable bonds is 5. The Morgan fingerprint density at radius 2 is 2.14 bits per heavy atom. The number of carbonyl (C=O) groups excluding carboxylic acids is 1. The van der Waals surface area contributed by atoms with E-state index in [0.717, 1.165) is 22.6 Å². The maximum Gasteiger partial charge on any atom is 0.224 e. The summed E-state index contributed by atoms with van der Waals surface area (Å²) in [5.74, 6) is 0.0554. The first-order valence-electron chi connectivity index (χ1n) is 6.94. The lowest BCUT2D eigenvalue weighted by Crippen LogP contribution is -2.27. The van der Waals surface area contributed by atoms with Crippen molar-refractivity contribution in [2.24, 2.45) is 0 Å². The van der Waals surface area contributed by atoms with E-state index in [1.54, 1.807) is 11.3 Å². The highest BCUT2D eigenvalue weighted by Gasteiger charge is 2.05. The Hall–Kier alpha value is -2.14. The van der Waals surface area contributed by atoms with Gasteiger partial charge in [0.2, 0.25) is 5.91 Å². The van der Waals surface area contributed by atoms with E-state index in [0.29, 0.717) is 13.0 Å². The van der Waals surface area contributed by atoms with Gasteiger partial charge in [0.05, 0.1) is 12.1 Å². The molecule has 0 unspecified atom stereocenters. The zero-order valence-corrected chi connectivity index (χ0v) is 12.7. The summed E-state index contributed by atoms with van der Waals surface area (Å²) in [7, 11) is 0. The lowest BCUT2D eigenvalue weighted by atomic mass is 10.1. The average molecular weight is 299 g/mol. The van der Waals surface area contributed by atoms with E-state index in [9.17, 15) is 4.79 Å². The normalized spacial score (nSPS) is 10.9. The number of benzene rings is 1. The lowest BCUT2D eigenvalue weighted by molar-refractivity contribution is -0.120. The van der Waals surface area contributed by atoms with Crippen molar-refractivity contribution in [3.8, 4) is 0 Å². The van der Waals surface area contributed by atoms with Crippen molar-refractivity contribution >= 4 is 22.2 Å². The summed E-state index contributed by atoms with van der Waals surface area (Å²) in [6.45, 7) is 2.66. The molecule has 1 amide bonds. The van der Waals surface area contributed by atoms with Gasteiger partial charge in [-0.05, 0) is 12.5 Å². The van der Waals surface area contributed by atoms with Crippen molar-refractivity contribution in [1.82, 2.24) is 14.7 Å². The van der Waals surface area contributed by atoms with Crippen LogP contribution in [-0.2, 0) is 17.6 Å². The molecule has 2 aromatic heterocycles. The Labute approximate surface area is 127 Å². The van der Waals surface area contributed by atoms with Crippen LogP contribution in [0.1, 0.15) is 16.8 Å². The minimum absolute atomic E-state index is 0.0554. The second-order valence-corrected chi connectivity index (χ2v) is 5.96. The molecule has 0 saturated heterocycles. The quantitative estimate of drug-likeness (QED) is 0.787. The van der Waals surface area contributed by atoms with Crippen molar-refractivity contribution < 1.29 is 4.79 Å². The molecule has 0 atom stereocenters. The van der Waals surface area contributed by atoms with Gasteiger partial charge in [-0.1, -0.05) is 29.8 Å². The molecule has 1 N–H and O–H groups in total. The Morgan fingerprint density at radius 1 is 1.33 bits per heavy atom. The Kier molecular flexibility index (Phi) is 4.01. The van der Waals surface area contributed by atoms with Gasteiger partial charge < -0.3 is 5.32 Å². The third kappa shape index (κ3) is 3.49. The number of carbonyl (C=O) groups is 1. The number of aryl methyl sites for hydroxylation is 1. The summed E-state index contributed by atoms with van der Waals surface area (Å²) in [5.41, 5.74) is 3.26. The molecule has 0 radical (unpaired) electrons. The van der Waals surface area contributed by atoms with Crippen molar-refractivity contribution in [3.63, 3.8) is 0 Å². The van der Waals surface area contributed by atoms with E-state index in [2.05, 4.69) is 10.3 Å². The summed E-state index contributed by atoms with van der Waals surface area (Å²) in [6.07, 6.45) is 5.19. The fourth-order valence-corrected chi connectivity index (χ4v) is 2.90. The maximum absolute atomic E-state index is 11.9. The van der Waals surface area contributed by atoms with Crippen LogP contribution in [-0.4, -0.2) is 21.8 Å². The van der Waals surface area contributed by atoms with Crippen molar-refractivity contribution in [1.29, 1.82) is 0 Å². The average Bonchev–Trinajstić information content (AvgIpc) is 3.02. The van der Waals surface area contributed by atoms with Crippen LogP contribution >= 0.6 is 11.3 Å². The first kappa shape index (κ1) is 13.8. The molecule has 4 nitrogen and oxygen atoms in total. The van der Waals surface area contributed by atoms with Crippen molar-refractivity contribution in [2.45, 2.75) is 19.8 Å². The van der Waals surface area contributed by atoms with Gasteiger partial charge >= 0.3 is 0 Å². The van der Waals surface area contributed by atoms with E-state index in [-0.39, 0.29) is 5.91 Å². The Balaban J connectivity index is 1.47. The standard InChI is InChI=1S/C16H17N3OS/c1-12-2-4-13(5-3-12)10-15(20)17-7-6-14-11-19-8-9-21-16(19)18-14/h2-5,8-9,11H,6-7,10H2,1H3,(H,17,20). The SMILES string of the molecule is Cc1ccc(CC(=O)NCCc2cn3ccsc3n2)cc1. The fraction of sp³-hybridized carbons (Fsp3) is 0.250. The molecule has 0 aliphatic rings. The monoisotopic (exact) mass is 299 g/mol. The van der Waals surface area contributed by atoms with E-state index in [1.165, 1.54) is 5.56 Å². The molecule has 0 spiro atoms. The van der Waals surface area contributed by atoms with Crippen LogP contribution in [0.3, 0.4) is 0 Å². The molecule has 5 heteroatoms. The second kappa shape index (κ2) is 6.10. The third-order valence-corrected chi connectivity index (χ3v) is 4.10. The zero-order chi connectivity index (χ0) is 14.7. The smallest absolute Gasteiger partial charge is 0.224 e. The highest BCUT2D eigenvalue weighted by Crippen LogP contribution is 2.11. The highest BCUT2D eigenvalue weighted by atomic mass is 32.1. The van der Waals surface area contributed by atoms with Gasteiger partial charge in [-0.25, -0.2) is 4.98 Å². The number of amides is 1. The van der Waals surface area contributed by atoms with E-state index >= 15 is 0 Å². The number of hydrogen-bond donors (Lipinski definition) is 1. The summed E-state index contributed by atoms with van der Waals surface area (Å²) in [6, 6.07) is 8.05. The van der Waals surface area contributed by atoms with E-state index in [1.807, 2.05) is 53.4 Å². The minimum Gasteiger partial charge on any atom is -0.355 e. The van der Waals surface area contributed by atoms with E-state index in [4.69, 9.17) is 0 Å². The van der Waals surface area contributed by atoms with Crippen LogP contribution in [0.15, 0.2) is 42.0 Å². The molecule has 0 aliphatic heterocycles. The molecule has 0 saturated carbocycles. The van der Waals surface area contributed by atoms with Gasteiger partial charge in [0.1, 0.15) is 0 Å². The molecule has 21 heavy (non-hydrogen) atoms. The predicted octanol–water partition coefficient (Wildman–Crippen LogP) is 2.61. The molecule has 1 aromatic carbocycles. The first-order chi connectivity index (χ1) is 10.2. The number of fused-ring (bicyclic) bond motifs is 1. The van der Waals surface area contributed by atoms with Crippen LogP contribution < -0.4 is 5.32 Å². The predicted molar refractivity (Wildman–Crippen MR) is 84.7 cm³/mol. The summed E-state index contributed by atoms with van der Waals surface area (Å²) in [5, 5.41) is 4.96. The van der Waals surface area contributed by atoms with Crippen molar-refractivity contribution in [2.75, 3.05) is 6.54 Å². The van der Waals surface area contributed by atoms with E-state index < -0.39 is 0 Å². The van der Waals surface area contributed by atoms with Crippen LogP contribution in [0.5, 0.6) is 0 Å². The molecule has 3 rings (SSSR count). The van der Waals surface area contributed by atoms with Gasteiger partial charge in [-0.3, -0.25) is 9.20 Å². The lowest BCUT2D eigenvalue weighted by Gasteiger charge is -2.04. The molecule has 0 aliphatic carbocycles. The van der Waals surface area contributed by atoms with Gasteiger partial charge in [0.15, 0.2) is 4.96 Å². The molecule has 0 bridgehead atoms. The number of nitrogens with one attached hydrogen (secondary N) is 1. The van der Waals surface area contributed by atoms with Crippen LogP contribution in [0, 0.1) is 6.92 Å². The molecule has 2 heterocycles. The number of thiazole rings is 1. The summed E-state index contributed by atoms with van der Waals surface area (Å²) >= 11 is 1.62. The van der Waals surface area contributed by atoms with Gasteiger partial charge in [0.25, 0.3) is 0 Å². The van der Waals surface area contributed by atoms with Crippen LogP contribution in [0.4, 0.5) is 0 Å². The van der Waals surface area contributed by atoms with Gasteiger partial charge in [0, 0.05) is 30.7 Å². The molecular formula is C16H17N3OS. The van der Waals surface area contributed by atoms with Gasteiger partial charge in [-0.15, -0.1) is 11.3 Å². The molecule has 108 valence electrons. The Bertz CT molecular complexity index is 714. The first-order valence-corrected chi connectivity index (χ1v) is 7.82. The molecule has 0 fully saturated rings. The maximum atomic E-state index is 11.9. The number of aromatic nitrogens is 2. The number of imidazole rings is 1. The molecular weight excluding hydrogens is 282 g/mol. The fourth-order valence-electron chi connectivity index (χ4n) is 2.18. The third-order valence-electron chi connectivity index (χ3n) is 3.33. The van der Waals surface area contributed by atoms with Crippen molar-refractivity contribution in [3.05, 3.63) is 58.9 Å².